The fourth-order valence-electron chi connectivity index (χ4n) is 5.53. The molecule has 2 fully saturated rings. The van der Waals surface area contributed by atoms with Gasteiger partial charge in [0.15, 0.2) is 0 Å². The van der Waals surface area contributed by atoms with Gasteiger partial charge >= 0.3 is 0 Å². The van der Waals surface area contributed by atoms with E-state index in [9.17, 15) is 9.18 Å². The first-order valence-electron chi connectivity index (χ1n) is 12.0. The zero-order valence-electron chi connectivity index (χ0n) is 19.4. The van der Waals surface area contributed by atoms with Gasteiger partial charge in [-0.05, 0) is 29.8 Å². The number of fused-ring (bicyclic) bond motifs is 3. The lowest BCUT2D eigenvalue weighted by Gasteiger charge is -2.38. The molecule has 3 N–H and O–H groups in total. The van der Waals surface area contributed by atoms with Gasteiger partial charge in [-0.25, -0.2) is 14.4 Å². The van der Waals surface area contributed by atoms with Crippen molar-refractivity contribution in [3.63, 3.8) is 0 Å². The molecule has 2 atom stereocenters. The van der Waals surface area contributed by atoms with Gasteiger partial charge in [0.1, 0.15) is 17.3 Å². The number of amides is 1. The predicted molar refractivity (Wildman–Crippen MR) is 133 cm³/mol. The van der Waals surface area contributed by atoms with Gasteiger partial charge in [0.2, 0.25) is 0 Å². The number of nitrogens with one attached hydrogen (secondary N) is 3. The standard InChI is InChI=1S/C26H24FN7O2/c27-15-5-6-34-20(13-30-24(34)9-15)17-2-3-19(25-18(17)11-31-26(25)35)32-23-4-1-16(10-29-23)33-7-8-36-22-14-28-12-21(22)33/h1-6,9-10,13,21-22,28H,7-8,11-12,14H2,(H,29,32)(H,31,35)/t21-,22+/m1/s1. The molecule has 6 heterocycles. The number of rotatable bonds is 4. The summed E-state index contributed by atoms with van der Waals surface area (Å²) in [6.45, 7) is 3.73. The molecule has 36 heavy (non-hydrogen) atoms. The van der Waals surface area contributed by atoms with Gasteiger partial charge in [-0.1, -0.05) is 6.07 Å². The summed E-state index contributed by atoms with van der Waals surface area (Å²) in [6, 6.07) is 10.9. The Morgan fingerprint density at radius 2 is 2.06 bits per heavy atom. The first-order valence-corrected chi connectivity index (χ1v) is 12.0. The number of nitrogens with zero attached hydrogens (tertiary/aromatic N) is 4. The molecule has 1 amide bonds. The Bertz CT molecular complexity index is 1490. The lowest BCUT2D eigenvalue weighted by atomic mass is 9.99. The Balaban J connectivity index is 1.19. The van der Waals surface area contributed by atoms with Crippen LogP contribution < -0.4 is 20.9 Å². The third kappa shape index (κ3) is 3.41. The maximum absolute atomic E-state index is 13.6. The number of pyridine rings is 2. The number of hydrogen-bond acceptors (Lipinski definition) is 7. The molecule has 0 radical (unpaired) electrons. The number of benzene rings is 1. The highest BCUT2D eigenvalue weighted by atomic mass is 19.1. The molecule has 182 valence electrons. The number of aromatic nitrogens is 3. The van der Waals surface area contributed by atoms with Gasteiger partial charge < -0.3 is 25.6 Å². The van der Waals surface area contributed by atoms with E-state index in [0.717, 1.165) is 42.1 Å². The van der Waals surface area contributed by atoms with Crippen molar-refractivity contribution in [2.75, 3.05) is 36.5 Å². The van der Waals surface area contributed by atoms with E-state index in [1.807, 2.05) is 28.8 Å². The molecule has 0 saturated carbocycles. The molecule has 7 rings (SSSR count). The Labute approximate surface area is 206 Å². The van der Waals surface area contributed by atoms with E-state index in [4.69, 9.17) is 4.74 Å². The average Bonchev–Trinajstić information content (AvgIpc) is 3.63. The number of carbonyl (C=O) groups excluding carboxylic acids is 1. The summed E-state index contributed by atoms with van der Waals surface area (Å²) >= 11 is 0. The van der Waals surface area contributed by atoms with E-state index in [2.05, 4.69) is 36.9 Å². The lowest BCUT2D eigenvalue weighted by molar-refractivity contribution is 0.0349. The van der Waals surface area contributed by atoms with Crippen molar-refractivity contribution >= 4 is 28.7 Å². The fraction of sp³-hybridized carbons (Fsp3) is 0.269. The van der Waals surface area contributed by atoms with Crippen LogP contribution in [0, 0.1) is 5.82 Å². The zero-order valence-corrected chi connectivity index (χ0v) is 19.4. The van der Waals surface area contributed by atoms with E-state index < -0.39 is 0 Å². The van der Waals surface area contributed by atoms with Crippen molar-refractivity contribution in [3.05, 3.63) is 71.9 Å². The third-order valence-electron chi connectivity index (χ3n) is 7.25. The molecule has 0 unspecified atom stereocenters. The van der Waals surface area contributed by atoms with Crippen LogP contribution in [0.3, 0.4) is 0 Å². The highest BCUT2D eigenvalue weighted by molar-refractivity contribution is 6.06. The Hall–Kier alpha value is -4.02. The molecule has 3 aliphatic rings. The second-order valence-electron chi connectivity index (χ2n) is 9.27. The summed E-state index contributed by atoms with van der Waals surface area (Å²) in [5.74, 6) is 0.181. The monoisotopic (exact) mass is 485 g/mol. The second-order valence-corrected chi connectivity index (χ2v) is 9.27. The van der Waals surface area contributed by atoms with Crippen LogP contribution in [0.15, 0.2) is 55.0 Å². The van der Waals surface area contributed by atoms with Crippen molar-refractivity contribution < 1.29 is 13.9 Å². The Morgan fingerprint density at radius 1 is 1.11 bits per heavy atom. The number of morpholine rings is 1. The van der Waals surface area contributed by atoms with Gasteiger partial charge in [-0.3, -0.25) is 9.20 Å². The predicted octanol–water partition coefficient (Wildman–Crippen LogP) is 2.70. The highest BCUT2D eigenvalue weighted by Gasteiger charge is 2.36. The molecule has 9 nitrogen and oxygen atoms in total. The summed E-state index contributed by atoms with van der Waals surface area (Å²) < 4.78 is 21.3. The SMILES string of the molecule is O=C1NCc2c(-c3cnc4cc(F)ccn34)ccc(Nc3ccc(N4CCO[C@H]5CNC[C@H]54)cn3)c21. The molecular formula is C26H24FN7O2. The van der Waals surface area contributed by atoms with Gasteiger partial charge in [-0.2, -0.15) is 0 Å². The molecule has 1 aromatic carbocycles. The Kier molecular flexibility index (Phi) is 4.90. The summed E-state index contributed by atoms with van der Waals surface area (Å²) in [6.07, 6.45) is 5.44. The van der Waals surface area contributed by atoms with Crippen LogP contribution in [0.2, 0.25) is 0 Å². The van der Waals surface area contributed by atoms with Crippen LogP contribution >= 0.6 is 0 Å². The quantitative estimate of drug-likeness (QED) is 0.409. The van der Waals surface area contributed by atoms with E-state index in [1.54, 1.807) is 12.4 Å². The van der Waals surface area contributed by atoms with Crippen LogP contribution in [0.4, 0.5) is 21.6 Å². The minimum Gasteiger partial charge on any atom is -0.373 e. The van der Waals surface area contributed by atoms with Crippen molar-refractivity contribution in [1.29, 1.82) is 0 Å². The fourth-order valence-corrected chi connectivity index (χ4v) is 5.53. The summed E-state index contributed by atoms with van der Waals surface area (Å²) in [4.78, 5) is 24.1. The maximum atomic E-state index is 13.6. The average molecular weight is 486 g/mol. The molecule has 0 spiro atoms. The summed E-state index contributed by atoms with van der Waals surface area (Å²) in [5, 5.41) is 9.66. The zero-order chi connectivity index (χ0) is 24.2. The molecule has 3 aliphatic heterocycles. The first-order chi connectivity index (χ1) is 17.7. The first kappa shape index (κ1) is 21.3. The van der Waals surface area contributed by atoms with Crippen molar-refractivity contribution in [1.82, 2.24) is 25.0 Å². The normalized spacial score (nSPS) is 20.9. The largest absolute Gasteiger partial charge is 0.373 e. The molecular weight excluding hydrogens is 461 g/mol. The van der Waals surface area contributed by atoms with Crippen LogP contribution in [-0.2, 0) is 11.3 Å². The smallest absolute Gasteiger partial charge is 0.254 e. The van der Waals surface area contributed by atoms with Gasteiger partial charge in [0, 0.05) is 44.0 Å². The summed E-state index contributed by atoms with van der Waals surface area (Å²) in [5.41, 5.74) is 5.41. The van der Waals surface area contributed by atoms with E-state index in [1.165, 1.54) is 12.1 Å². The minimum atomic E-state index is -0.340. The maximum Gasteiger partial charge on any atom is 0.254 e. The van der Waals surface area contributed by atoms with E-state index in [0.29, 0.717) is 41.9 Å². The van der Waals surface area contributed by atoms with Crippen molar-refractivity contribution in [3.8, 4) is 11.3 Å². The van der Waals surface area contributed by atoms with E-state index in [-0.39, 0.29) is 17.8 Å². The Morgan fingerprint density at radius 3 is 2.94 bits per heavy atom. The van der Waals surface area contributed by atoms with Crippen molar-refractivity contribution in [2.45, 2.75) is 18.7 Å². The number of hydrogen-bond donors (Lipinski definition) is 3. The number of anilines is 3. The highest BCUT2D eigenvalue weighted by Crippen LogP contribution is 2.35. The van der Waals surface area contributed by atoms with Crippen LogP contribution in [0.25, 0.3) is 16.9 Å². The topological polar surface area (TPSA) is 95.8 Å². The minimum absolute atomic E-state index is 0.140. The van der Waals surface area contributed by atoms with Gasteiger partial charge in [0.25, 0.3) is 5.91 Å². The van der Waals surface area contributed by atoms with Gasteiger partial charge in [0.05, 0.1) is 53.8 Å². The van der Waals surface area contributed by atoms with Gasteiger partial charge in [-0.15, -0.1) is 0 Å². The van der Waals surface area contributed by atoms with Crippen molar-refractivity contribution in [2.24, 2.45) is 0 Å². The lowest BCUT2D eigenvalue weighted by Crippen LogP contribution is -2.51. The van der Waals surface area contributed by atoms with Crippen LogP contribution in [0.1, 0.15) is 15.9 Å². The molecule has 10 heteroatoms. The van der Waals surface area contributed by atoms with E-state index >= 15 is 0 Å². The molecule has 3 aromatic heterocycles. The van der Waals surface area contributed by atoms with Crippen LogP contribution in [0.5, 0.6) is 0 Å². The molecule has 0 bridgehead atoms. The molecule has 0 aliphatic carbocycles. The van der Waals surface area contributed by atoms with Crippen LogP contribution in [-0.4, -0.2) is 58.7 Å². The molecule has 2 saturated heterocycles. The number of carbonyl (C=O) groups is 1. The number of halogens is 1. The second kappa shape index (κ2) is 8.28. The third-order valence-corrected chi connectivity index (χ3v) is 7.25. The number of ether oxygens (including phenoxy) is 1. The summed E-state index contributed by atoms with van der Waals surface area (Å²) in [7, 11) is 0. The number of imidazole rings is 1. The molecule has 4 aromatic rings.